The van der Waals surface area contributed by atoms with Crippen LogP contribution in [0.4, 0.5) is 0 Å². The Hall–Kier alpha value is -2.24. The molecule has 0 saturated heterocycles. The molecule has 0 unspecified atom stereocenters. The lowest BCUT2D eigenvalue weighted by Crippen LogP contribution is -2.50. The zero-order chi connectivity index (χ0) is 24.8. The molecule has 180 valence electrons. The fourth-order valence-corrected chi connectivity index (χ4v) is 3.70. The summed E-state index contributed by atoms with van der Waals surface area (Å²) >= 11 is 12.7. The van der Waals surface area contributed by atoms with Crippen LogP contribution in [0.5, 0.6) is 5.75 Å². The molecule has 33 heavy (non-hydrogen) atoms. The molecule has 2 rings (SSSR count). The van der Waals surface area contributed by atoms with Crippen molar-refractivity contribution in [3.63, 3.8) is 0 Å². The van der Waals surface area contributed by atoms with Crippen LogP contribution >= 0.6 is 23.2 Å². The summed E-state index contributed by atoms with van der Waals surface area (Å²) in [4.78, 5) is 27.5. The molecule has 0 fully saturated rings. The lowest BCUT2D eigenvalue weighted by Gasteiger charge is -2.30. The van der Waals surface area contributed by atoms with Crippen LogP contribution in [0.25, 0.3) is 0 Å². The number of benzene rings is 2. The first-order valence-corrected chi connectivity index (χ1v) is 12.0. The van der Waals surface area contributed by atoms with Crippen molar-refractivity contribution in [2.45, 2.75) is 72.0 Å². The highest BCUT2D eigenvalue weighted by atomic mass is 35.5. The third-order valence-corrected chi connectivity index (χ3v) is 6.35. The van der Waals surface area contributed by atoms with Crippen molar-refractivity contribution in [1.29, 1.82) is 0 Å². The smallest absolute Gasteiger partial charge is 0.261 e. The molecule has 0 radical (unpaired) electrons. The number of carbonyl (C=O) groups excluding carboxylic acids is 2. The van der Waals surface area contributed by atoms with Crippen molar-refractivity contribution in [2.75, 3.05) is 6.61 Å². The maximum atomic E-state index is 13.2. The summed E-state index contributed by atoms with van der Waals surface area (Å²) in [6.07, 6.45) is 0.788. The zero-order valence-corrected chi connectivity index (χ0v) is 21.8. The van der Waals surface area contributed by atoms with Gasteiger partial charge in [-0.15, -0.1) is 0 Å². The van der Waals surface area contributed by atoms with Crippen molar-refractivity contribution in [3.8, 4) is 5.75 Å². The second kappa shape index (κ2) is 11.8. The molecule has 2 aromatic rings. The number of ether oxygens (including phenoxy) is 1. The number of halogens is 2. The van der Waals surface area contributed by atoms with Crippen molar-refractivity contribution in [2.24, 2.45) is 0 Å². The van der Waals surface area contributed by atoms with Gasteiger partial charge in [0.05, 0.1) is 0 Å². The van der Waals surface area contributed by atoms with E-state index in [4.69, 9.17) is 27.9 Å². The Kier molecular flexibility index (Phi) is 9.62. The SMILES string of the molecule is CC[C@@H](C)NC(=O)[C@@H](C)N(Cc1c(Cl)cccc1Cl)C(=O)COc1ccc(C(C)(C)C)cc1. The van der Waals surface area contributed by atoms with Crippen LogP contribution in [0.3, 0.4) is 0 Å². The van der Waals surface area contributed by atoms with Gasteiger partial charge in [-0.3, -0.25) is 9.59 Å². The Bertz CT molecular complexity index is 935. The van der Waals surface area contributed by atoms with E-state index in [1.807, 2.05) is 38.1 Å². The molecule has 0 bridgehead atoms. The van der Waals surface area contributed by atoms with Gasteiger partial charge in [0, 0.05) is 28.2 Å². The maximum Gasteiger partial charge on any atom is 0.261 e. The summed E-state index contributed by atoms with van der Waals surface area (Å²) in [6, 6.07) is 12.1. The molecule has 0 heterocycles. The molecule has 5 nitrogen and oxygen atoms in total. The Morgan fingerprint density at radius 2 is 1.61 bits per heavy atom. The zero-order valence-electron chi connectivity index (χ0n) is 20.2. The minimum Gasteiger partial charge on any atom is -0.484 e. The third-order valence-electron chi connectivity index (χ3n) is 5.64. The van der Waals surface area contributed by atoms with Crippen LogP contribution in [0.15, 0.2) is 42.5 Å². The van der Waals surface area contributed by atoms with E-state index in [9.17, 15) is 9.59 Å². The lowest BCUT2D eigenvalue weighted by molar-refractivity contribution is -0.142. The first-order chi connectivity index (χ1) is 15.4. The van der Waals surface area contributed by atoms with Gasteiger partial charge in [0.1, 0.15) is 11.8 Å². The first kappa shape index (κ1) is 27.0. The normalized spacial score (nSPS) is 13.2. The number of nitrogens with one attached hydrogen (secondary N) is 1. The molecule has 7 heteroatoms. The number of nitrogens with zero attached hydrogens (tertiary/aromatic N) is 1. The number of hydrogen-bond acceptors (Lipinski definition) is 3. The van der Waals surface area contributed by atoms with Crippen LogP contribution in [0, 0.1) is 0 Å². The van der Waals surface area contributed by atoms with E-state index in [2.05, 4.69) is 26.1 Å². The maximum absolute atomic E-state index is 13.2. The van der Waals surface area contributed by atoms with Gasteiger partial charge in [-0.25, -0.2) is 0 Å². The topological polar surface area (TPSA) is 58.6 Å². The van der Waals surface area contributed by atoms with Gasteiger partial charge in [0.15, 0.2) is 6.61 Å². The second-order valence-electron chi connectivity index (χ2n) is 9.28. The Morgan fingerprint density at radius 3 is 2.12 bits per heavy atom. The lowest BCUT2D eigenvalue weighted by atomic mass is 9.87. The Morgan fingerprint density at radius 1 is 1.03 bits per heavy atom. The van der Waals surface area contributed by atoms with Gasteiger partial charge in [-0.05, 0) is 55.5 Å². The van der Waals surface area contributed by atoms with Crippen LogP contribution in [0.1, 0.15) is 59.1 Å². The molecule has 0 aliphatic rings. The molecule has 2 aromatic carbocycles. The summed E-state index contributed by atoms with van der Waals surface area (Å²) in [6.45, 7) is 11.9. The van der Waals surface area contributed by atoms with E-state index in [0.717, 1.165) is 6.42 Å². The molecular formula is C26H34Cl2N2O3. The highest BCUT2D eigenvalue weighted by Gasteiger charge is 2.28. The molecular weight excluding hydrogens is 459 g/mol. The minimum atomic E-state index is -0.731. The monoisotopic (exact) mass is 492 g/mol. The molecule has 0 spiro atoms. The van der Waals surface area contributed by atoms with E-state index in [1.54, 1.807) is 25.1 Å². The van der Waals surface area contributed by atoms with Gasteiger partial charge >= 0.3 is 0 Å². The predicted molar refractivity (Wildman–Crippen MR) is 135 cm³/mol. The quantitative estimate of drug-likeness (QED) is 0.466. The average molecular weight is 493 g/mol. The van der Waals surface area contributed by atoms with E-state index >= 15 is 0 Å². The summed E-state index contributed by atoms with van der Waals surface area (Å²) in [5, 5.41) is 3.81. The van der Waals surface area contributed by atoms with Gasteiger partial charge < -0.3 is 15.0 Å². The van der Waals surface area contributed by atoms with E-state index < -0.39 is 6.04 Å². The highest BCUT2D eigenvalue weighted by Crippen LogP contribution is 2.27. The molecule has 0 aromatic heterocycles. The number of amides is 2. The predicted octanol–water partition coefficient (Wildman–Crippen LogP) is 6.00. The molecule has 0 aliphatic carbocycles. The van der Waals surface area contributed by atoms with Crippen molar-refractivity contribution in [1.82, 2.24) is 10.2 Å². The summed E-state index contributed by atoms with van der Waals surface area (Å²) in [7, 11) is 0. The van der Waals surface area contributed by atoms with E-state index in [0.29, 0.717) is 21.4 Å². The van der Waals surface area contributed by atoms with Gasteiger partial charge in [-0.2, -0.15) is 0 Å². The molecule has 2 atom stereocenters. The number of hydrogen-bond donors (Lipinski definition) is 1. The van der Waals surface area contributed by atoms with Gasteiger partial charge in [0.25, 0.3) is 5.91 Å². The second-order valence-corrected chi connectivity index (χ2v) is 10.1. The minimum absolute atomic E-state index is 0.00150. The van der Waals surface area contributed by atoms with Crippen LogP contribution in [-0.2, 0) is 21.5 Å². The highest BCUT2D eigenvalue weighted by molar-refractivity contribution is 6.36. The van der Waals surface area contributed by atoms with Crippen LogP contribution in [-0.4, -0.2) is 35.4 Å². The van der Waals surface area contributed by atoms with Crippen molar-refractivity contribution < 1.29 is 14.3 Å². The van der Waals surface area contributed by atoms with E-state index in [-0.39, 0.29) is 36.4 Å². The average Bonchev–Trinajstić information content (AvgIpc) is 2.76. The first-order valence-electron chi connectivity index (χ1n) is 11.2. The van der Waals surface area contributed by atoms with E-state index in [1.165, 1.54) is 10.5 Å². The molecule has 0 aliphatic heterocycles. The van der Waals surface area contributed by atoms with Crippen LogP contribution < -0.4 is 10.1 Å². The van der Waals surface area contributed by atoms with Gasteiger partial charge in [0.2, 0.25) is 5.91 Å². The van der Waals surface area contributed by atoms with Gasteiger partial charge in [-0.1, -0.05) is 69.1 Å². The van der Waals surface area contributed by atoms with Crippen molar-refractivity contribution in [3.05, 3.63) is 63.6 Å². The summed E-state index contributed by atoms with van der Waals surface area (Å²) < 4.78 is 5.76. The van der Waals surface area contributed by atoms with Crippen molar-refractivity contribution >= 4 is 35.0 Å². The molecule has 2 amide bonds. The Labute approximate surface area is 207 Å². The molecule has 0 saturated carbocycles. The third kappa shape index (κ3) is 7.65. The number of rotatable bonds is 9. The fraction of sp³-hybridized carbons (Fsp3) is 0.462. The molecule has 1 N–H and O–H groups in total. The van der Waals surface area contributed by atoms with Crippen LogP contribution in [0.2, 0.25) is 10.0 Å². The largest absolute Gasteiger partial charge is 0.484 e. The summed E-state index contributed by atoms with van der Waals surface area (Å²) in [5.74, 6) is 0.0110. The number of carbonyl (C=O) groups is 2. The Balaban J connectivity index is 2.20. The summed E-state index contributed by atoms with van der Waals surface area (Å²) in [5.41, 5.74) is 1.79. The fourth-order valence-electron chi connectivity index (χ4n) is 3.18. The standard InChI is InChI=1S/C26H34Cl2N2O3/c1-7-17(2)29-25(32)18(3)30(15-21-22(27)9-8-10-23(21)28)24(31)16-33-20-13-11-19(12-14-20)26(4,5)6/h8-14,17-18H,7,15-16H2,1-6H3,(H,29,32)/t17-,18-/m1/s1.